The minimum absolute atomic E-state index is 0.0665. The van der Waals surface area contributed by atoms with E-state index in [4.69, 9.17) is 28.9 Å². The molecule has 0 saturated carbocycles. The van der Waals surface area contributed by atoms with Crippen LogP contribution < -0.4 is 27.0 Å². The molecular formula is C43H46Cl2N8O5. The van der Waals surface area contributed by atoms with Gasteiger partial charge in [-0.3, -0.25) is 24.2 Å². The molecule has 6 rings (SSSR count). The Balaban J connectivity index is 1.21. The summed E-state index contributed by atoms with van der Waals surface area (Å²) in [6.45, 7) is 0.589. The summed E-state index contributed by atoms with van der Waals surface area (Å²) in [6, 6.07) is 17.8. The molecule has 3 aromatic heterocycles. The molecule has 6 aromatic rings. The maximum absolute atomic E-state index is 14.3. The van der Waals surface area contributed by atoms with Crippen molar-refractivity contribution in [2.45, 2.75) is 63.1 Å². The van der Waals surface area contributed by atoms with Gasteiger partial charge in [-0.15, -0.1) is 0 Å². The van der Waals surface area contributed by atoms with Crippen molar-refractivity contribution in [3.63, 3.8) is 0 Å². The van der Waals surface area contributed by atoms with Gasteiger partial charge in [-0.25, -0.2) is 0 Å². The fourth-order valence-corrected chi connectivity index (χ4v) is 7.14. The molecule has 3 atom stereocenters. The Morgan fingerprint density at radius 1 is 0.690 bits per heavy atom. The third-order valence-corrected chi connectivity index (χ3v) is 10.4. The first-order valence-electron chi connectivity index (χ1n) is 19.1. The number of aryl methyl sites for hydroxylation is 1. The number of rotatable bonds is 19. The number of fused-ring (bicyclic) bond motifs is 2. The zero-order valence-corrected chi connectivity index (χ0v) is 33.2. The molecule has 0 saturated heterocycles. The van der Waals surface area contributed by atoms with E-state index in [-0.39, 0.29) is 43.9 Å². The molecule has 9 N–H and O–H groups in total. The molecule has 302 valence electrons. The molecule has 0 spiro atoms. The highest BCUT2D eigenvalue weighted by atomic mass is 35.5. The van der Waals surface area contributed by atoms with Gasteiger partial charge in [-0.1, -0.05) is 35.3 Å². The highest BCUT2D eigenvalue weighted by Crippen LogP contribution is 2.25. The number of phenols is 1. The number of halogens is 2. The van der Waals surface area contributed by atoms with Crippen LogP contribution >= 0.6 is 23.2 Å². The molecule has 58 heavy (non-hydrogen) atoms. The first-order chi connectivity index (χ1) is 28.1. The maximum atomic E-state index is 14.3. The lowest BCUT2D eigenvalue weighted by Crippen LogP contribution is -2.58. The summed E-state index contributed by atoms with van der Waals surface area (Å²) in [5, 5.41) is 24.6. The lowest BCUT2D eigenvalue weighted by atomic mass is 10.0. The van der Waals surface area contributed by atoms with Gasteiger partial charge in [0.25, 0.3) is 0 Å². The summed E-state index contributed by atoms with van der Waals surface area (Å²) in [6.07, 6.45) is 8.74. The van der Waals surface area contributed by atoms with Crippen molar-refractivity contribution in [1.29, 1.82) is 0 Å². The van der Waals surface area contributed by atoms with Crippen LogP contribution in [0, 0.1) is 0 Å². The number of H-pyrrole nitrogens is 2. The van der Waals surface area contributed by atoms with Crippen molar-refractivity contribution >= 4 is 68.6 Å². The van der Waals surface area contributed by atoms with Crippen LogP contribution in [0.25, 0.3) is 21.8 Å². The summed E-state index contributed by atoms with van der Waals surface area (Å²) >= 11 is 12.4. The minimum Gasteiger partial charge on any atom is -0.508 e. The Morgan fingerprint density at radius 2 is 1.28 bits per heavy atom. The van der Waals surface area contributed by atoms with Crippen LogP contribution in [0.5, 0.6) is 5.75 Å². The molecular weight excluding hydrogens is 779 g/mol. The van der Waals surface area contributed by atoms with Crippen LogP contribution in [0.4, 0.5) is 0 Å². The standard InChI is InChI=1S/C43H46Cl2N8O5/c44-30-6-3-26(4-7-30)20-39(53-42(57)37(51-40(55)2-1-16-46)10-5-28-24-49-36-12-9-32(54)23-34(28)36)43(58)52-38(21-27-13-17-47-18-14-27)41(56)48-19-15-29-25-50-35-11-8-31(45)22-33(29)35/h3-4,6-9,11-14,17-18,22-25,37-39,49-50,54H,1-2,5,10,15-16,19-21,46H2,(H,48,56)(H,51,55)(H,52,58)(H,53,57)/t37-,38-,39-/m0/s1. The average molecular weight is 826 g/mol. The van der Waals surface area contributed by atoms with E-state index in [1.54, 1.807) is 79.3 Å². The lowest BCUT2D eigenvalue weighted by molar-refractivity contribution is -0.133. The molecule has 0 aliphatic rings. The maximum Gasteiger partial charge on any atom is 0.243 e. The topological polar surface area (TPSA) is 207 Å². The fraction of sp³-hybridized carbons (Fsp3) is 0.279. The highest BCUT2D eigenvalue weighted by Gasteiger charge is 2.30. The fourth-order valence-electron chi connectivity index (χ4n) is 6.85. The molecule has 13 nitrogen and oxygen atoms in total. The molecule has 3 aromatic carbocycles. The monoisotopic (exact) mass is 824 g/mol. The van der Waals surface area contributed by atoms with Crippen LogP contribution in [-0.4, -0.2) is 74.9 Å². The number of hydrogen-bond donors (Lipinski definition) is 8. The number of phenolic OH excluding ortho intramolecular Hbond substituents is 1. The number of nitrogens with zero attached hydrogens (tertiary/aromatic N) is 1. The molecule has 0 aliphatic heterocycles. The number of nitrogens with two attached hydrogens (primary N) is 1. The highest BCUT2D eigenvalue weighted by molar-refractivity contribution is 6.31. The van der Waals surface area contributed by atoms with E-state index in [0.29, 0.717) is 41.4 Å². The predicted octanol–water partition coefficient (Wildman–Crippen LogP) is 5.03. The van der Waals surface area contributed by atoms with Crippen LogP contribution in [0.1, 0.15) is 41.5 Å². The van der Waals surface area contributed by atoms with Gasteiger partial charge in [0, 0.05) is 82.4 Å². The van der Waals surface area contributed by atoms with Crippen molar-refractivity contribution in [2.24, 2.45) is 5.73 Å². The summed E-state index contributed by atoms with van der Waals surface area (Å²) in [7, 11) is 0. The molecule has 0 fully saturated rings. The van der Waals surface area contributed by atoms with Crippen molar-refractivity contribution in [1.82, 2.24) is 36.2 Å². The number of benzene rings is 3. The second-order valence-electron chi connectivity index (χ2n) is 14.2. The van der Waals surface area contributed by atoms with Gasteiger partial charge < -0.3 is 42.1 Å². The quantitative estimate of drug-likeness (QED) is 0.0559. The van der Waals surface area contributed by atoms with Gasteiger partial charge >= 0.3 is 0 Å². The van der Waals surface area contributed by atoms with E-state index < -0.39 is 35.8 Å². The largest absolute Gasteiger partial charge is 0.508 e. The zero-order valence-electron chi connectivity index (χ0n) is 31.7. The zero-order chi connectivity index (χ0) is 41.0. The van der Waals surface area contributed by atoms with Gasteiger partial charge in [0.1, 0.15) is 23.9 Å². The Kier molecular flexibility index (Phi) is 14.4. The van der Waals surface area contributed by atoms with Crippen molar-refractivity contribution < 1.29 is 24.3 Å². The third kappa shape index (κ3) is 11.4. The van der Waals surface area contributed by atoms with E-state index >= 15 is 0 Å². The SMILES string of the molecule is NCCCC(=O)N[C@@H](CCc1c[nH]c2ccc(O)cc12)C(=O)N[C@@H](Cc1ccc(Cl)cc1)C(=O)N[C@@H](Cc1ccncc1)C(=O)NCCc1c[nH]c2ccc(Cl)cc12. The van der Waals surface area contributed by atoms with Gasteiger partial charge in [0.2, 0.25) is 23.6 Å². The van der Waals surface area contributed by atoms with Crippen LogP contribution in [0.2, 0.25) is 10.0 Å². The molecule has 0 unspecified atom stereocenters. The number of carbonyl (C=O) groups is 4. The van der Waals surface area contributed by atoms with Crippen molar-refractivity contribution in [2.75, 3.05) is 13.1 Å². The van der Waals surface area contributed by atoms with Crippen LogP contribution in [0.15, 0.2) is 97.6 Å². The first-order valence-corrected chi connectivity index (χ1v) is 19.9. The number of nitrogens with one attached hydrogen (secondary N) is 6. The molecule has 0 radical (unpaired) electrons. The first kappa shape index (κ1) is 41.7. The number of aromatic nitrogens is 3. The summed E-state index contributed by atoms with van der Waals surface area (Å²) in [5.41, 5.74) is 10.7. The smallest absolute Gasteiger partial charge is 0.243 e. The summed E-state index contributed by atoms with van der Waals surface area (Å²) in [4.78, 5) is 65.8. The predicted molar refractivity (Wildman–Crippen MR) is 225 cm³/mol. The molecule has 3 heterocycles. The molecule has 0 bridgehead atoms. The van der Waals surface area contributed by atoms with E-state index in [1.807, 2.05) is 18.3 Å². The number of aromatic hydroxyl groups is 1. The second-order valence-corrected chi connectivity index (χ2v) is 15.0. The molecule has 0 aliphatic carbocycles. The van der Waals surface area contributed by atoms with E-state index in [0.717, 1.165) is 38.5 Å². The van der Waals surface area contributed by atoms with Gasteiger partial charge in [0.05, 0.1) is 0 Å². The van der Waals surface area contributed by atoms with Crippen molar-refractivity contribution in [3.8, 4) is 5.75 Å². The lowest BCUT2D eigenvalue weighted by Gasteiger charge is -2.26. The van der Waals surface area contributed by atoms with E-state index in [2.05, 4.69) is 36.2 Å². The van der Waals surface area contributed by atoms with E-state index in [1.165, 1.54) is 0 Å². The molecule has 4 amide bonds. The van der Waals surface area contributed by atoms with Gasteiger partial charge in [0.15, 0.2) is 0 Å². The van der Waals surface area contributed by atoms with Crippen LogP contribution in [0.3, 0.4) is 0 Å². The van der Waals surface area contributed by atoms with Gasteiger partial charge in [-0.2, -0.15) is 0 Å². The molecule has 15 heteroatoms. The Morgan fingerprint density at radius 3 is 1.97 bits per heavy atom. The summed E-state index contributed by atoms with van der Waals surface area (Å²) in [5.74, 6) is -1.83. The average Bonchev–Trinajstić information content (AvgIpc) is 3.81. The van der Waals surface area contributed by atoms with Gasteiger partial charge in [-0.05, 0) is 115 Å². The van der Waals surface area contributed by atoms with E-state index in [9.17, 15) is 24.3 Å². The third-order valence-electron chi connectivity index (χ3n) is 9.94. The number of amides is 4. The normalized spacial score (nSPS) is 12.8. The summed E-state index contributed by atoms with van der Waals surface area (Å²) < 4.78 is 0. The van der Waals surface area contributed by atoms with Crippen molar-refractivity contribution in [3.05, 3.63) is 130 Å². The second kappa shape index (κ2) is 20.0. The number of hydrogen-bond acceptors (Lipinski definition) is 7. The number of carbonyl (C=O) groups excluding carboxylic acids is 4. The van der Waals surface area contributed by atoms with Crippen LogP contribution in [-0.2, 0) is 44.9 Å². The minimum atomic E-state index is -1.15. The Labute approximate surface area is 345 Å². The number of aromatic amines is 2. The number of pyridine rings is 1. The Hall–Kier alpha value is -5.89. The Bertz CT molecular complexity index is 2350.